The van der Waals surface area contributed by atoms with E-state index in [1.165, 1.54) is 165 Å². The number of hydrogen-bond acceptors (Lipinski definition) is 16. The Morgan fingerprint density at radius 3 is 0.394 bits per heavy atom. The Kier molecular flexibility index (Phi) is 49.2. The molecule has 4 amide bonds. The average Bonchev–Trinajstić information content (AvgIpc) is 0.843. The fraction of sp³-hybridized carbons (Fsp3) is 0.121. The fourth-order valence-electron chi connectivity index (χ4n) is 6.25. The van der Waals surface area contributed by atoms with Crippen LogP contribution in [0.3, 0.4) is 0 Å². The monoisotopic (exact) mass is 1530 g/mol. The van der Waals surface area contributed by atoms with Crippen LogP contribution in [0.5, 0.6) is 69.0 Å². The van der Waals surface area contributed by atoms with E-state index in [9.17, 15) is 47.9 Å². The maximum Gasteiger partial charge on any atom is 0.335 e. The van der Waals surface area contributed by atoms with Crippen molar-refractivity contribution in [3.05, 3.63) is 215 Å². The molecule has 8 aromatic carbocycles. The van der Waals surface area contributed by atoms with E-state index >= 15 is 0 Å². The molecule has 0 saturated carbocycles. The quantitative estimate of drug-likeness (QED) is 0.0278. The van der Waals surface area contributed by atoms with E-state index < -0.39 is 35.8 Å². The van der Waals surface area contributed by atoms with Crippen LogP contribution in [-0.2, 0) is 77.6 Å². The zero-order valence-corrected chi connectivity index (χ0v) is 63.7. The molecular formula is C66H72N4O26Zn3. The maximum absolute atomic E-state index is 11.1. The van der Waals surface area contributed by atoms with Crippen LogP contribution in [-0.4, -0.2) is 190 Å². The minimum Gasteiger partial charge on any atom is -0.478 e. The number of ether oxygens (including phenoxy) is 6. The van der Waals surface area contributed by atoms with Crippen LogP contribution in [0.4, 0.5) is 0 Å². The third-order valence-electron chi connectivity index (χ3n) is 10.6. The van der Waals surface area contributed by atoms with Crippen LogP contribution in [0.15, 0.2) is 182 Å². The number of carboxylic acids is 6. The van der Waals surface area contributed by atoms with Crippen LogP contribution in [0.2, 0.25) is 0 Å². The maximum atomic E-state index is 11.1. The van der Waals surface area contributed by atoms with Gasteiger partial charge < -0.3 is 101 Å². The SMILES string of the molecule is CN(C)C=O.CN(C)C=O.CN(C)C=O.CN(C)C=O.O.O.O.O.O=C(O)c1ccc(Oc2cc(Oc3ccc(C(=O)O)cc3)cc(Oc3ccc(C(=O)O)cc3)c2)cc1.O=C(O)c1ccc(Oc2cc(Oc3ccc(C(=O)O)cc3)cc(Oc3ccc(C(=O)O)cc3)c2)cc1.[Zn].[Zn].[Zn]. The minimum atomic E-state index is -1.06. The number of carboxylic acid groups (broad SMARTS) is 6. The number of amides is 4. The van der Waals surface area contributed by atoms with Crippen molar-refractivity contribution in [2.45, 2.75) is 0 Å². The number of aromatic carboxylic acids is 6. The summed E-state index contributed by atoms with van der Waals surface area (Å²) in [5, 5.41) is 54.4. The van der Waals surface area contributed by atoms with Gasteiger partial charge in [0.1, 0.15) is 69.0 Å². The average molecular weight is 1530 g/mol. The van der Waals surface area contributed by atoms with Crippen LogP contribution >= 0.6 is 0 Å². The van der Waals surface area contributed by atoms with Gasteiger partial charge >= 0.3 is 35.8 Å². The number of carbonyl (C=O) groups is 10. The first-order valence-corrected chi connectivity index (χ1v) is 26.5. The molecule has 8 aromatic rings. The van der Waals surface area contributed by atoms with Gasteiger partial charge in [-0.1, -0.05) is 0 Å². The first kappa shape index (κ1) is 96.7. The molecule has 8 rings (SSSR count). The van der Waals surface area contributed by atoms with Crippen molar-refractivity contribution in [1.29, 1.82) is 0 Å². The number of rotatable bonds is 22. The van der Waals surface area contributed by atoms with E-state index in [0.29, 0.717) is 69.0 Å². The van der Waals surface area contributed by atoms with Crippen molar-refractivity contribution in [3.8, 4) is 69.0 Å². The van der Waals surface area contributed by atoms with E-state index in [2.05, 4.69) is 0 Å². The van der Waals surface area contributed by atoms with Crippen molar-refractivity contribution in [1.82, 2.24) is 19.6 Å². The van der Waals surface area contributed by atoms with Gasteiger partial charge in [-0.3, -0.25) is 19.2 Å². The summed E-state index contributed by atoms with van der Waals surface area (Å²) in [6.45, 7) is 0. The molecule has 0 aromatic heterocycles. The smallest absolute Gasteiger partial charge is 0.335 e. The fourth-order valence-corrected chi connectivity index (χ4v) is 6.25. The number of benzene rings is 8. The van der Waals surface area contributed by atoms with E-state index in [1.807, 2.05) is 0 Å². The molecule has 0 unspecified atom stereocenters. The zero-order chi connectivity index (χ0) is 68.5. The summed E-state index contributed by atoms with van der Waals surface area (Å²) in [7, 11) is 13.5. The van der Waals surface area contributed by atoms with Gasteiger partial charge in [0, 0.05) is 151 Å². The Hall–Kier alpha value is -11.0. The molecule has 0 atom stereocenters. The molecule has 0 spiro atoms. The van der Waals surface area contributed by atoms with Gasteiger partial charge in [0.2, 0.25) is 25.6 Å². The summed E-state index contributed by atoms with van der Waals surface area (Å²) in [5.74, 6) is -2.22. The minimum absolute atomic E-state index is 0. The Labute approximate surface area is 605 Å². The molecule has 0 fully saturated rings. The third kappa shape index (κ3) is 37.8. The van der Waals surface area contributed by atoms with Crippen LogP contribution in [0.1, 0.15) is 62.1 Å². The first-order valence-electron chi connectivity index (χ1n) is 26.5. The van der Waals surface area contributed by atoms with E-state index in [1.54, 1.807) is 92.8 Å². The van der Waals surface area contributed by atoms with Crippen molar-refractivity contribution >= 4 is 61.5 Å². The summed E-state index contributed by atoms with van der Waals surface area (Å²) in [6.07, 6.45) is 3.00. The topological polar surface area (TPSA) is 486 Å². The predicted octanol–water partition coefficient (Wildman–Crippen LogP) is 7.83. The summed E-state index contributed by atoms with van der Waals surface area (Å²) >= 11 is 0. The van der Waals surface area contributed by atoms with E-state index in [-0.39, 0.29) is 114 Å². The zero-order valence-electron chi connectivity index (χ0n) is 54.8. The molecule has 0 aliphatic carbocycles. The van der Waals surface area contributed by atoms with Crippen molar-refractivity contribution in [2.75, 3.05) is 56.4 Å². The summed E-state index contributed by atoms with van der Waals surface area (Å²) in [4.78, 5) is 110. The number of nitrogens with zero attached hydrogens (tertiary/aromatic N) is 4. The molecule has 33 heteroatoms. The predicted molar refractivity (Wildman–Crippen MR) is 347 cm³/mol. The molecule has 518 valence electrons. The molecule has 14 N–H and O–H groups in total. The Bertz CT molecular complexity index is 3110. The van der Waals surface area contributed by atoms with E-state index in [4.69, 9.17) is 59.1 Å². The molecule has 99 heavy (non-hydrogen) atoms. The van der Waals surface area contributed by atoms with Crippen molar-refractivity contribution in [2.24, 2.45) is 0 Å². The summed E-state index contributed by atoms with van der Waals surface area (Å²) in [5.41, 5.74) is 0.656. The standard InChI is InChI=1S/2C27H18O9.4C3H7NO.4H2O.3Zn/c2*28-25(29)16-1-7-19(8-2-16)34-22-13-23(35-20-9-3-17(4-10-20)26(30)31)15-24(14-22)36-21-11-5-18(6-12-21)27(32)33;4*1-4(2)3-5;;;;;;;/h2*1-15H,(H,28,29)(H,30,31)(H,32,33);4*3H,1-2H3;4*1H2;;;. The number of carbonyl (C=O) groups excluding carboxylic acids is 4. The number of hydrogen-bond donors (Lipinski definition) is 6. The summed E-state index contributed by atoms with van der Waals surface area (Å²) in [6, 6.07) is 44.4. The first-order chi connectivity index (χ1) is 43.6. The van der Waals surface area contributed by atoms with Crippen LogP contribution < -0.4 is 28.4 Å². The largest absolute Gasteiger partial charge is 0.478 e. The van der Waals surface area contributed by atoms with Crippen molar-refractivity contribution < 1.29 is 187 Å². The second-order valence-electron chi connectivity index (χ2n) is 19.1. The molecule has 0 bridgehead atoms. The normalized spacial score (nSPS) is 8.89. The third-order valence-corrected chi connectivity index (χ3v) is 10.6. The van der Waals surface area contributed by atoms with Gasteiger partial charge in [-0.05, 0) is 146 Å². The molecular weight excluding hydrogens is 1460 g/mol. The van der Waals surface area contributed by atoms with Gasteiger partial charge in [0.15, 0.2) is 0 Å². The Balaban J connectivity index is -0.000000441. The van der Waals surface area contributed by atoms with Gasteiger partial charge in [-0.25, -0.2) is 28.8 Å². The van der Waals surface area contributed by atoms with Gasteiger partial charge in [-0.15, -0.1) is 0 Å². The van der Waals surface area contributed by atoms with Crippen LogP contribution in [0.25, 0.3) is 0 Å². The second-order valence-corrected chi connectivity index (χ2v) is 19.1. The van der Waals surface area contributed by atoms with E-state index in [0.717, 1.165) is 25.6 Å². The molecule has 0 radical (unpaired) electrons. The van der Waals surface area contributed by atoms with Crippen molar-refractivity contribution in [3.63, 3.8) is 0 Å². The molecule has 0 aliphatic heterocycles. The molecule has 0 aliphatic rings. The second kappa shape index (κ2) is 50.4. The molecule has 0 heterocycles. The van der Waals surface area contributed by atoms with Crippen LogP contribution in [0, 0.1) is 0 Å². The summed E-state index contributed by atoms with van der Waals surface area (Å²) < 4.78 is 35.2. The van der Waals surface area contributed by atoms with Gasteiger partial charge in [0.25, 0.3) is 0 Å². The molecule has 30 nitrogen and oxygen atoms in total. The Morgan fingerprint density at radius 2 is 0.323 bits per heavy atom. The molecule has 0 saturated heterocycles. The van der Waals surface area contributed by atoms with Gasteiger partial charge in [-0.2, -0.15) is 0 Å². The Morgan fingerprint density at radius 1 is 0.232 bits per heavy atom. The van der Waals surface area contributed by atoms with Gasteiger partial charge in [0.05, 0.1) is 33.4 Å².